The van der Waals surface area contributed by atoms with Gasteiger partial charge in [-0.1, -0.05) is 26.8 Å². The summed E-state index contributed by atoms with van der Waals surface area (Å²) in [7, 11) is -2.73. The molecule has 5 heteroatoms. The Bertz CT molecular complexity index is 494. The maximum atomic E-state index is 12.2. The molecule has 88 valence electrons. The van der Waals surface area contributed by atoms with Crippen LogP contribution < -0.4 is 0 Å². The minimum Gasteiger partial charge on any atom is -0.271 e. The van der Waals surface area contributed by atoms with Gasteiger partial charge in [-0.25, -0.2) is 9.19 Å². The average molecular weight is 240 g/mol. The fourth-order valence-electron chi connectivity index (χ4n) is 0.913. The zero-order valence-corrected chi connectivity index (χ0v) is 10.7. The van der Waals surface area contributed by atoms with Crippen LogP contribution in [0, 0.1) is 5.41 Å². The largest absolute Gasteiger partial charge is 0.271 e. The predicted molar refractivity (Wildman–Crippen MR) is 63.5 cm³/mol. The molecule has 1 aromatic heterocycles. The SMILES string of the molecule is CC(C)(C)C(=O)N=[S@@](C)(=O)c1ccccn1. The first-order chi connectivity index (χ1) is 7.23. The van der Waals surface area contributed by atoms with E-state index < -0.39 is 15.1 Å². The van der Waals surface area contributed by atoms with Crippen LogP contribution in [0.15, 0.2) is 33.8 Å². The Morgan fingerprint density at radius 3 is 2.44 bits per heavy atom. The summed E-state index contributed by atoms with van der Waals surface area (Å²) in [5, 5.41) is 0.340. The van der Waals surface area contributed by atoms with Crippen molar-refractivity contribution >= 4 is 15.6 Å². The lowest BCUT2D eigenvalue weighted by Crippen LogP contribution is -2.19. The molecule has 0 radical (unpaired) electrons. The van der Waals surface area contributed by atoms with Gasteiger partial charge in [0.1, 0.15) is 5.03 Å². The van der Waals surface area contributed by atoms with Crippen molar-refractivity contribution in [3.05, 3.63) is 24.4 Å². The Morgan fingerprint density at radius 1 is 1.38 bits per heavy atom. The third-order valence-electron chi connectivity index (χ3n) is 1.92. The Morgan fingerprint density at radius 2 is 2.00 bits per heavy atom. The summed E-state index contributed by atoms with van der Waals surface area (Å²) in [5.41, 5.74) is -0.618. The van der Waals surface area contributed by atoms with E-state index >= 15 is 0 Å². The number of amides is 1. The lowest BCUT2D eigenvalue weighted by molar-refractivity contribution is -0.124. The fourth-order valence-corrected chi connectivity index (χ4v) is 2.18. The van der Waals surface area contributed by atoms with Crippen LogP contribution >= 0.6 is 0 Å². The molecule has 0 N–H and O–H groups in total. The standard InChI is InChI=1S/C11H16N2O2S/c1-11(2,3)10(14)13-16(4,15)9-7-5-6-8-12-9/h5-8H,1-4H3/t16-/m0/s1. The number of rotatable bonds is 1. The van der Waals surface area contributed by atoms with Gasteiger partial charge in [0.2, 0.25) is 0 Å². The lowest BCUT2D eigenvalue weighted by Gasteiger charge is -2.13. The van der Waals surface area contributed by atoms with E-state index in [1.54, 1.807) is 39.0 Å². The first-order valence-corrected chi connectivity index (χ1v) is 6.83. The van der Waals surface area contributed by atoms with Crippen molar-refractivity contribution in [3.63, 3.8) is 0 Å². The van der Waals surface area contributed by atoms with Crippen LogP contribution in [0.1, 0.15) is 20.8 Å². The van der Waals surface area contributed by atoms with E-state index in [4.69, 9.17) is 0 Å². The monoisotopic (exact) mass is 240 g/mol. The third kappa shape index (κ3) is 3.13. The van der Waals surface area contributed by atoms with Gasteiger partial charge < -0.3 is 0 Å². The first-order valence-electron chi connectivity index (χ1n) is 4.91. The lowest BCUT2D eigenvalue weighted by atomic mass is 9.96. The van der Waals surface area contributed by atoms with Crippen LogP contribution in [0.25, 0.3) is 0 Å². The van der Waals surface area contributed by atoms with Crippen molar-refractivity contribution in [2.45, 2.75) is 25.8 Å². The molecule has 1 amide bonds. The van der Waals surface area contributed by atoms with Gasteiger partial charge in [-0.05, 0) is 12.1 Å². The van der Waals surface area contributed by atoms with E-state index in [0.29, 0.717) is 5.03 Å². The number of nitrogens with zero attached hydrogens (tertiary/aromatic N) is 2. The van der Waals surface area contributed by atoms with Crippen molar-refractivity contribution in [2.75, 3.05) is 6.26 Å². The maximum Gasteiger partial charge on any atom is 0.259 e. The molecular weight excluding hydrogens is 224 g/mol. The van der Waals surface area contributed by atoms with E-state index in [0.717, 1.165) is 0 Å². The van der Waals surface area contributed by atoms with Crippen LogP contribution in [-0.2, 0) is 14.5 Å². The van der Waals surface area contributed by atoms with Gasteiger partial charge in [-0.2, -0.15) is 4.36 Å². The molecule has 0 aliphatic heterocycles. The molecule has 0 bridgehead atoms. The average Bonchev–Trinajstić information content (AvgIpc) is 2.17. The molecule has 0 saturated carbocycles. The number of carbonyl (C=O) groups excluding carboxylic acids is 1. The molecular formula is C11H16N2O2S. The molecule has 1 heterocycles. The van der Waals surface area contributed by atoms with Crippen LogP contribution in [0.2, 0.25) is 0 Å². The van der Waals surface area contributed by atoms with Gasteiger partial charge in [0.25, 0.3) is 5.91 Å². The Balaban J connectivity index is 3.19. The molecule has 16 heavy (non-hydrogen) atoms. The zero-order valence-electron chi connectivity index (χ0n) is 9.93. The van der Waals surface area contributed by atoms with Crippen molar-refractivity contribution < 1.29 is 9.00 Å². The van der Waals surface area contributed by atoms with E-state index in [9.17, 15) is 9.00 Å². The van der Waals surface area contributed by atoms with E-state index in [1.165, 1.54) is 12.5 Å². The number of carbonyl (C=O) groups is 1. The molecule has 1 rings (SSSR count). The molecule has 0 spiro atoms. The molecule has 1 aromatic rings. The highest BCUT2D eigenvalue weighted by Gasteiger charge is 2.23. The molecule has 0 saturated heterocycles. The molecule has 4 nitrogen and oxygen atoms in total. The van der Waals surface area contributed by atoms with E-state index in [-0.39, 0.29) is 5.91 Å². The second-order valence-corrected chi connectivity index (χ2v) is 6.82. The normalized spacial score (nSPS) is 15.2. The highest BCUT2D eigenvalue weighted by molar-refractivity contribution is 7.93. The second kappa shape index (κ2) is 4.33. The number of hydrogen-bond donors (Lipinski definition) is 0. The molecule has 0 aliphatic rings. The van der Waals surface area contributed by atoms with Gasteiger partial charge in [0.05, 0.1) is 9.73 Å². The fraction of sp³-hybridized carbons (Fsp3) is 0.455. The highest BCUT2D eigenvalue weighted by atomic mass is 32.2. The summed E-state index contributed by atoms with van der Waals surface area (Å²) in [6.07, 6.45) is 2.97. The number of aromatic nitrogens is 1. The maximum absolute atomic E-state index is 12.2. The van der Waals surface area contributed by atoms with Crippen LogP contribution in [0.5, 0.6) is 0 Å². The third-order valence-corrected chi connectivity index (χ3v) is 3.46. The summed E-state index contributed by atoms with van der Waals surface area (Å²) < 4.78 is 16.0. The second-order valence-electron chi connectivity index (χ2n) is 4.62. The summed E-state index contributed by atoms with van der Waals surface area (Å²) in [6, 6.07) is 5.06. The van der Waals surface area contributed by atoms with E-state index in [2.05, 4.69) is 9.35 Å². The van der Waals surface area contributed by atoms with Crippen LogP contribution in [0.3, 0.4) is 0 Å². The van der Waals surface area contributed by atoms with Crippen molar-refractivity contribution in [1.82, 2.24) is 4.98 Å². The summed E-state index contributed by atoms with van der Waals surface area (Å²) in [4.78, 5) is 15.6. The minimum atomic E-state index is -2.73. The highest BCUT2D eigenvalue weighted by Crippen LogP contribution is 2.18. The van der Waals surface area contributed by atoms with Crippen LogP contribution in [-0.4, -0.2) is 21.4 Å². The Labute approximate surface area is 96.3 Å². The summed E-state index contributed by atoms with van der Waals surface area (Å²) in [6.45, 7) is 5.23. The minimum absolute atomic E-state index is 0.340. The molecule has 0 aliphatic carbocycles. The molecule has 0 fully saturated rings. The van der Waals surface area contributed by atoms with Crippen molar-refractivity contribution in [1.29, 1.82) is 0 Å². The molecule has 0 unspecified atom stereocenters. The number of pyridine rings is 1. The smallest absolute Gasteiger partial charge is 0.259 e. The van der Waals surface area contributed by atoms with Crippen molar-refractivity contribution in [2.24, 2.45) is 9.78 Å². The predicted octanol–water partition coefficient (Wildman–Crippen LogP) is 2.11. The first kappa shape index (κ1) is 12.8. The van der Waals surface area contributed by atoms with Crippen molar-refractivity contribution in [3.8, 4) is 0 Å². The quantitative estimate of drug-likeness (QED) is 0.755. The number of hydrogen-bond acceptors (Lipinski definition) is 3. The molecule has 0 aromatic carbocycles. The van der Waals surface area contributed by atoms with Gasteiger partial charge in [-0.3, -0.25) is 4.79 Å². The van der Waals surface area contributed by atoms with Gasteiger partial charge in [-0.15, -0.1) is 0 Å². The zero-order chi connectivity index (χ0) is 12.4. The summed E-state index contributed by atoms with van der Waals surface area (Å²) in [5.74, 6) is -0.370. The Kier molecular flexibility index (Phi) is 3.48. The van der Waals surface area contributed by atoms with E-state index in [1.807, 2.05) is 0 Å². The van der Waals surface area contributed by atoms with Gasteiger partial charge in [0.15, 0.2) is 0 Å². The van der Waals surface area contributed by atoms with Gasteiger partial charge >= 0.3 is 0 Å². The Hall–Kier alpha value is -1.23. The van der Waals surface area contributed by atoms with Gasteiger partial charge in [0, 0.05) is 17.9 Å². The van der Waals surface area contributed by atoms with Crippen LogP contribution in [0.4, 0.5) is 0 Å². The topological polar surface area (TPSA) is 59.4 Å². The summed E-state index contributed by atoms with van der Waals surface area (Å²) >= 11 is 0. The molecule has 1 atom stereocenters.